The van der Waals surface area contributed by atoms with Gasteiger partial charge in [0.25, 0.3) is 0 Å². The summed E-state index contributed by atoms with van der Waals surface area (Å²) in [6.07, 6.45) is 4.72. The van der Waals surface area contributed by atoms with Gasteiger partial charge in [0.15, 0.2) is 0 Å². The van der Waals surface area contributed by atoms with E-state index >= 15 is 0 Å². The van der Waals surface area contributed by atoms with Gasteiger partial charge in [0, 0.05) is 18.2 Å². The van der Waals surface area contributed by atoms with Crippen molar-refractivity contribution in [1.82, 2.24) is 5.32 Å². The standard InChI is InChI=1S/C15H23F2N/c1-4-5-6-7-11(2)18-12(3)13-8-14(16)10-15(17)9-13/h8-12,18H,4-7H2,1-3H3. The van der Waals surface area contributed by atoms with Crippen molar-refractivity contribution in [3.05, 3.63) is 35.4 Å². The summed E-state index contributed by atoms with van der Waals surface area (Å²) in [4.78, 5) is 0. The highest BCUT2D eigenvalue weighted by molar-refractivity contribution is 5.20. The Kier molecular flexibility index (Phi) is 6.27. The molecule has 0 heterocycles. The molecule has 1 aromatic carbocycles. The zero-order chi connectivity index (χ0) is 13.5. The molecule has 1 N–H and O–H groups in total. The average Bonchev–Trinajstić information content (AvgIpc) is 2.28. The van der Waals surface area contributed by atoms with Crippen LogP contribution in [0.3, 0.4) is 0 Å². The SMILES string of the molecule is CCCCCC(C)NC(C)c1cc(F)cc(F)c1. The molecule has 0 bridgehead atoms. The molecule has 0 aliphatic carbocycles. The summed E-state index contributed by atoms with van der Waals surface area (Å²) >= 11 is 0. The summed E-state index contributed by atoms with van der Waals surface area (Å²) in [5.41, 5.74) is 0.662. The fraction of sp³-hybridized carbons (Fsp3) is 0.600. The average molecular weight is 255 g/mol. The van der Waals surface area contributed by atoms with Crippen LogP contribution in [0.5, 0.6) is 0 Å². The topological polar surface area (TPSA) is 12.0 Å². The van der Waals surface area contributed by atoms with E-state index in [0.29, 0.717) is 11.6 Å². The smallest absolute Gasteiger partial charge is 0.126 e. The molecule has 1 nitrogen and oxygen atoms in total. The molecule has 0 aliphatic heterocycles. The van der Waals surface area contributed by atoms with Crippen molar-refractivity contribution in [3.8, 4) is 0 Å². The second kappa shape index (κ2) is 7.47. The first kappa shape index (κ1) is 15.1. The Morgan fingerprint density at radius 1 is 1.06 bits per heavy atom. The van der Waals surface area contributed by atoms with E-state index in [1.807, 2.05) is 6.92 Å². The summed E-state index contributed by atoms with van der Waals surface area (Å²) in [5.74, 6) is -1.03. The van der Waals surface area contributed by atoms with E-state index in [-0.39, 0.29) is 6.04 Å². The van der Waals surface area contributed by atoms with Gasteiger partial charge in [0.1, 0.15) is 11.6 Å². The maximum atomic E-state index is 13.1. The first-order valence-electron chi connectivity index (χ1n) is 6.75. The van der Waals surface area contributed by atoms with Crippen LogP contribution in [-0.2, 0) is 0 Å². The summed E-state index contributed by atoms with van der Waals surface area (Å²) in [7, 11) is 0. The van der Waals surface area contributed by atoms with Crippen molar-refractivity contribution >= 4 is 0 Å². The summed E-state index contributed by atoms with van der Waals surface area (Å²) in [6.45, 7) is 6.22. The Morgan fingerprint density at radius 2 is 1.67 bits per heavy atom. The molecule has 0 aliphatic rings. The fourth-order valence-corrected chi connectivity index (χ4v) is 2.13. The first-order valence-corrected chi connectivity index (χ1v) is 6.75. The molecule has 102 valence electrons. The maximum absolute atomic E-state index is 13.1. The Morgan fingerprint density at radius 3 is 2.22 bits per heavy atom. The van der Waals surface area contributed by atoms with Crippen LogP contribution in [0.25, 0.3) is 0 Å². The van der Waals surface area contributed by atoms with Gasteiger partial charge in [-0.25, -0.2) is 8.78 Å². The minimum Gasteiger partial charge on any atom is -0.308 e. The molecule has 2 unspecified atom stereocenters. The fourth-order valence-electron chi connectivity index (χ4n) is 2.13. The van der Waals surface area contributed by atoms with E-state index < -0.39 is 11.6 Å². The number of halogens is 2. The van der Waals surface area contributed by atoms with Crippen LogP contribution < -0.4 is 5.32 Å². The first-order chi connectivity index (χ1) is 8.52. The lowest BCUT2D eigenvalue weighted by Gasteiger charge is -2.20. The third-order valence-corrected chi connectivity index (χ3v) is 3.16. The monoisotopic (exact) mass is 255 g/mol. The van der Waals surface area contributed by atoms with Crippen LogP contribution in [0.1, 0.15) is 58.1 Å². The summed E-state index contributed by atoms with van der Waals surface area (Å²) in [6, 6.07) is 4.00. The van der Waals surface area contributed by atoms with E-state index in [2.05, 4.69) is 19.2 Å². The quantitative estimate of drug-likeness (QED) is 0.703. The number of rotatable bonds is 7. The van der Waals surface area contributed by atoms with E-state index in [9.17, 15) is 8.78 Å². The molecule has 0 aromatic heterocycles. The Labute approximate surface area is 109 Å². The Balaban J connectivity index is 2.50. The highest BCUT2D eigenvalue weighted by Crippen LogP contribution is 2.17. The lowest BCUT2D eigenvalue weighted by atomic mass is 10.0. The van der Waals surface area contributed by atoms with Gasteiger partial charge in [-0.2, -0.15) is 0 Å². The third kappa shape index (κ3) is 5.13. The third-order valence-electron chi connectivity index (χ3n) is 3.16. The summed E-state index contributed by atoms with van der Waals surface area (Å²) in [5, 5.41) is 3.38. The van der Waals surface area contributed by atoms with E-state index in [1.54, 1.807) is 0 Å². The Hall–Kier alpha value is -0.960. The predicted octanol–water partition coefficient (Wildman–Crippen LogP) is 4.58. The van der Waals surface area contributed by atoms with Gasteiger partial charge >= 0.3 is 0 Å². The largest absolute Gasteiger partial charge is 0.308 e. The second-order valence-electron chi connectivity index (χ2n) is 4.99. The molecule has 1 aromatic rings. The number of unbranched alkanes of at least 4 members (excludes halogenated alkanes) is 2. The zero-order valence-corrected chi connectivity index (χ0v) is 11.5. The molecular weight excluding hydrogens is 232 g/mol. The van der Waals surface area contributed by atoms with Gasteiger partial charge in [0.2, 0.25) is 0 Å². The Bertz CT molecular complexity index is 345. The van der Waals surface area contributed by atoms with Gasteiger partial charge in [-0.05, 0) is 38.0 Å². The van der Waals surface area contributed by atoms with E-state index in [1.165, 1.54) is 31.4 Å². The van der Waals surface area contributed by atoms with Crippen molar-refractivity contribution in [2.75, 3.05) is 0 Å². The van der Waals surface area contributed by atoms with Crippen LogP contribution in [0.15, 0.2) is 18.2 Å². The van der Waals surface area contributed by atoms with Crippen LogP contribution in [-0.4, -0.2) is 6.04 Å². The highest BCUT2D eigenvalue weighted by atomic mass is 19.1. The van der Waals surface area contributed by atoms with Crippen molar-refractivity contribution in [2.24, 2.45) is 0 Å². The number of hydrogen-bond donors (Lipinski definition) is 1. The lowest BCUT2D eigenvalue weighted by molar-refractivity contribution is 0.437. The molecule has 0 saturated heterocycles. The normalized spacial score (nSPS) is 14.5. The number of nitrogens with one attached hydrogen (secondary N) is 1. The summed E-state index contributed by atoms with van der Waals surface area (Å²) < 4.78 is 26.2. The van der Waals surface area contributed by atoms with Crippen LogP contribution in [0, 0.1) is 11.6 Å². The molecule has 0 saturated carbocycles. The molecule has 0 fully saturated rings. The second-order valence-corrected chi connectivity index (χ2v) is 4.99. The van der Waals surface area contributed by atoms with Gasteiger partial charge in [-0.3, -0.25) is 0 Å². The maximum Gasteiger partial charge on any atom is 0.126 e. The number of hydrogen-bond acceptors (Lipinski definition) is 1. The van der Waals surface area contributed by atoms with Crippen molar-refractivity contribution in [3.63, 3.8) is 0 Å². The van der Waals surface area contributed by atoms with Gasteiger partial charge in [0.05, 0.1) is 0 Å². The highest BCUT2D eigenvalue weighted by Gasteiger charge is 2.11. The molecule has 3 heteroatoms. The van der Waals surface area contributed by atoms with Crippen LogP contribution in [0.4, 0.5) is 8.78 Å². The van der Waals surface area contributed by atoms with Crippen molar-refractivity contribution in [2.45, 2.75) is 58.5 Å². The van der Waals surface area contributed by atoms with Crippen molar-refractivity contribution < 1.29 is 8.78 Å². The minimum absolute atomic E-state index is 0.0353. The molecule has 0 spiro atoms. The van der Waals surface area contributed by atoms with E-state index in [0.717, 1.165) is 12.5 Å². The minimum atomic E-state index is -0.516. The van der Waals surface area contributed by atoms with Crippen molar-refractivity contribution in [1.29, 1.82) is 0 Å². The molecule has 0 radical (unpaired) electrons. The molecular formula is C15H23F2N. The number of benzene rings is 1. The van der Waals surface area contributed by atoms with Crippen LogP contribution in [0.2, 0.25) is 0 Å². The lowest BCUT2D eigenvalue weighted by Crippen LogP contribution is -2.29. The molecule has 18 heavy (non-hydrogen) atoms. The van der Waals surface area contributed by atoms with Crippen LogP contribution >= 0.6 is 0 Å². The molecule has 0 amide bonds. The predicted molar refractivity (Wildman–Crippen MR) is 71.5 cm³/mol. The van der Waals surface area contributed by atoms with E-state index in [4.69, 9.17) is 0 Å². The van der Waals surface area contributed by atoms with Gasteiger partial charge in [-0.15, -0.1) is 0 Å². The van der Waals surface area contributed by atoms with Gasteiger partial charge in [-0.1, -0.05) is 26.2 Å². The molecule has 2 atom stereocenters. The molecule has 1 rings (SSSR count). The zero-order valence-electron chi connectivity index (χ0n) is 11.5. The van der Waals surface area contributed by atoms with Gasteiger partial charge < -0.3 is 5.32 Å².